The average Bonchev–Trinajstić information content (AvgIpc) is 3.10. The number of hydrogen-bond acceptors (Lipinski definition) is 4. The number of nitrogens with zero attached hydrogens (tertiary/aromatic N) is 2. The van der Waals surface area contributed by atoms with E-state index in [9.17, 15) is 13.6 Å². The molecule has 2 N–H and O–H groups in total. The molecule has 3 aromatic rings. The number of nitrogens with one attached hydrogen (secondary N) is 2. The van der Waals surface area contributed by atoms with Gasteiger partial charge in [0, 0.05) is 6.54 Å². The topological polar surface area (TPSA) is 70.7 Å². The van der Waals surface area contributed by atoms with Crippen molar-refractivity contribution >= 4 is 17.7 Å². The molecule has 0 spiro atoms. The highest BCUT2D eigenvalue weighted by atomic mass is 32.2. The van der Waals surface area contributed by atoms with E-state index in [2.05, 4.69) is 20.5 Å². The minimum absolute atomic E-state index is 0.100. The van der Waals surface area contributed by atoms with Crippen LogP contribution in [-0.4, -0.2) is 26.8 Å². The van der Waals surface area contributed by atoms with Gasteiger partial charge in [-0.05, 0) is 36.2 Å². The van der Waals surface area contributed by atoms with Gasteiger partial charge in [-0.25, -0.2) is 13.8 Å². The molecular formula is C18H16F2N4OS. The average molecular weight is 374 g/mol. The summed E-state index contributed by atoms with van der Waals surface area (Å²) in [6.45, 7) is 1.92. The van der Waals surface area contributed by atoms with E-state index < -0.39 is 5.82 Å². The quantitative estimate of drug-likeness (QED) is 0.648. The lowest BCUT2D eigenvalue weighted by atomic mass is 10.1. The number of hydrogen-bond donors (Lipinski definition) is 2. The number of aryl methyl sites for hydroxylation is 1. The predicted molar refractivity (Wildman–Crippen MR) is 95.5 cm³/mol. The molecule has 0 bridgehead atoms. The first kappa shape index (κ1) is 18.1. The summed E-state index contributed by atoms with van der Waals surface area (Å²) in [6.07, 6.45) is 0. The molecule has 0 saturated carbocycles. The standard InChI is InChI=1S/C18H16F2N4OS/c1-11-6-7-12(8-15(11)20)9-21-16(25)10-26-18-22-17(23-24-18)13-4-2-3-5-14(13)19/h2-8H,9-10H2,1H3,(H,21,25)(H,22,23,24). The highest BCUT2D eigenvalue weighted by Crippen LogP contribution is 2.21. The summed E-state index contributed by atoms with van der Waals surface area (Å²) in [5.41, 5.74) is 1.56. The SMILES string of the molecule is Cc1ccc(CNC(=O)CSc2n[nH]c(-c3ccccc3F)n2)cc1F. The van der Waals surface area contributed by atoms with Crippen LogP contribution in [-0.2, 0) is 11.3 Å². The Kier molecular flexibility index (Phi) is 5.62. The van der Waals surface area contributed by atoms with Gasteiger partial charge in [0.25, 0.3) is 0 Å². The number of amides is 1. The minimum atomic E-state index is -0.400. The Hall–Kier alpha value is -2.74. The molecule has 0 fully saturated rings. The largest absolute Gasteiger partial charge is 0.351 e. The second-order valence-electron chi connectivity index (χ2n) is 5.60. The fraction of sp³-hybridized carbons (Fsp3) is 0.167. The Labute approximate surface area is 153 Å². The second kappa shape index (κ2) is 8.09. The number of benzene rings is 2. The van der Waals surface area contributed by atoms with Crippen molar-refractivity contribution in [3.8, 4) is 11.4 Å². The molecule has 0 saturated heterocycles. The lowest BCUT2D eigenvalue weighted by Gasteiger charge is -2.05. The first-order valence-electron chi connectivity index (χ1n) is 7.85. The van der Waals surface area contributed by atoms with Gasteiger partial charge in [-0.2, -0.15) is 0 Å². The van der Waals surface area contributed by atoms with Crippen molar-refractivity contribution < 1.29 is 13.6 Å². The maximum Gasteiger partial charge on any atom is 0.230 e. The van der Waals surface area contributed by atoms with E-state index in [1.165, 1.54) is 12.1 Å². The van der Waals surface area contributed by atoms with Gasteiger partial charge in [0.05, 0.1) is 11.3 Å². The van der Waals surface area contributed by atoms with E-state index in [0.29, 0.717) is 27.7 Å². The number of carbonyl (C=O) groups is 1. The van der Waals surface area contributed by atoms with Gasteiger partial charge in [-0.15, -0.1) is 5.10 Å². The zero-order valence-corrected chi connectivity index (χ0v) is 14.7. The molecule has 1 amide bonds. The van der Waals surface area contributed by atoms with Crippen molar-refractivity contribution in [3.63, 3.8) is 0 Å². The van der Waals surface area contributed by atoms with Crippen LogP contribution in [0, 0.1) is 18.6 Å². The van der Waals surface area contributed by atoms with Crippen LogP contribution in [0.15, 0.2) is 47.6 Å². The molecule has 0 aliphatic heterocycles. The fourth-order valence-corrected chi connectivity index (χ4v) is 2.84. The van der Waals surface area contributed by atoms with Crippen LogP contribution in [0.3, 0.4) is 0 Å². The zero-order chi connectivity index (χ0) is 18.5. The predicted octanol–water partition coefficient (Wildman–Crippen LogP) is 3.47. The van der Waals surface area contributed by atoms with E-state index in [4.69, 9.17) is 0 Å². The zero-order valence-electron chi connectivity index (χ0n) is 13.9. The van der Waals surface area contributed by atoms with Gasteiger partial charge in [-0.1, -0.05) is 36.0 Å². The molecule has 134 valence electrons. The molecule has 5 nitrogen and oxygen atoms in total. The number of rotatable bonds is 6. The first-order chi connectivity index (χ1) is 12.5. The molecule has 2 aromatic carbocycles. The smallest absolute Gasteiger partial charge is 0.230 e. The fourth-order valence-electron chi connectivity index (χ4n) is 2.21. The Morgan fingerprint density at radius 2 is 2.00 bits per heavy atom. The molecule has 0 aliphatic carbocycles. The highest BCUT2D eigenvalue weighted by Gasteiger charge is 2.11. The first-order valence-corrected chi connectivity index (χ1v) is 8.83. The van der Waals surface area contributed by atoms with E-state index in [0.717, 1.165) is 11.8 Å². The minimum Gasteiger partial charge on any atom is -0.351 e. The van der Waals surface area contributed by atoms with E-state index in [1.54, 1.807) is 37.3 Å². The molecule has 1 aromatic heterocycles. The molecule has 0 aliphatic rings. The van der Waals surface area contributed by atoms with Crippen LogP contribution in [0.25, 0.3) is 11.4 Å². The molecule has 1 heterocycles. The van der Waals surface area contributed by atoms with Gasteiger partial charge in [0.15, 0.2) is 5.82 Å². The van der Waals surface area contributed by atoms with Crippen molar-refractivity contribution in [2.75, 3.05) is 5.75 Å². The maximum absolute atomic E-state index is 13.7. The number of H-pyrrole nitrogens is 1. The van der Waals surface area contributed by atoms with Crippen LogP contribution in [0.1, 0.15) is 11.1 Å². The normalized spacial score (nSPS) is 10.7. The number of aromatic nitrogens is 3. The van der Waals surface area contributed by atoms with Crippen molar-refractivity contribution in [2.24, 2.45) is 0 Å². The number of carbonyl (C=O) groups excluding carboxylic acids is 1. The van der Waals surface area contributed by atoms with E-state index in [-0.39, 0.29) is 24.0 Å². The van der Waals surface area contributed by atoms with Crippen molar-refractivity contribution in [3.05, 3.63) is 65.2 Å². The summed E-state index contributed by atoms with van der Waals surface area (Å²) in [7, 11) is 0. The van der Waals surface area contributed by atoms with Crippen molar-refractivity contribution in [1.82, 2.24) is 20.5 Å². The second-order valence-corrected chi connectivity index (χ2v) is 6.54. The molecule has 26 heavy (non-hydrogen) atoms. The van der Waals surface area contributed by atoms with Crippen LogP contribution < -0.4 is 5.32 Å². The summed E-state index contributed by atoms with van der Waals surface area (Å²) in [4.78, 5) is 16.1. The number of aromatic amines is 1. The molecule has 0 radical (unpaired) electrons. The monoisotopic (exact) mass is 374 g/mol. The third-order valence-corrected chi connectivity index (χ3v) is 4.50. The molecule has 3 rings (SSSR count). The third-order valence-electron chi connectivity index (χ3n) is 3.65. The van der Waals surface area contributed by atoms with Crippen LogP contribution in [0.4, 0.5) is 8.78 Å². The number of halogens is 2. The lowest BCUT2D eigenvalue weighted by molar-refractivity contribution is -0.118. The number of thioether (sulfide) groups is 1. The molecular weight excluding hydrogens is 358 g/mol. The summed E-state index contributed by atoms with van der Waals surface area (Å²) in [5, 5.41) is 9.69. The van der Waals surface area contributed by atoms with Gasteiger partial charge in [0.1, 0.15) is 11.6 Å². The Morgan fingerprint density at radius 1 is 1.19 bits per heavy atom. The van der Waals surface area contributed by atoms with Crippen LogP contribution >= 0.6 is 11.8 Å². The Bertz CT molecular complexity index is 929. The highest BCUT2D eigenvalue weighted by molar-refractivity contribution is 7.99. The third kappa shape index (κ3) is 4.45. The summed E-state index contributed by atoms with van der Waals surface area (Å²) in [6, 6.07) is 11.1. The Morgan fingerprint density at radius 3 is 2.77 bits per heavy atom. The van der Waals surface area contributed by atoms with E-state index >= 15 is 0 Å². The Balaban J connectivity index is 1.52. The summed E-state index contributed by atoms with van der Waals surface area (Å²) in [5.74, 6) is -0.520. The van der Waals surface area contributed by atoms with Crippen LogP contribution in [0.2, 0.25) is 0 Å². The molecule has 0 atom stereocenters. The van der Waals surface area contributed by atoms with Crippen LogP contribution in [0.5, 0.6) is 0 Å². The lowest BCUT2D eigenvalue weighted by Crippen LogP contribution is -2.24. The van der Waals surface area contributed by atoms with E-state index in [1.807, 2.05) is 0 Å². The van der Waals surface area contributed by atoms with Gasteiger partial charge >= 0.3 is 0 Å². The molecule has 8 heteroatoms. The summed E-state index contributed by atoms with van der Waals surface area (Å²) < 4.78 is 27.2. The van der Waals surface area contributed by atoms with Gasteiger partial charge in [-0.3, -0.25) is 9.89 Å². The molecule has 0 unspecified atom stereocenters. The van der Waals surface area contributed by atoms with Gasteiger partial charge < -0.3 is 5.32 Å². The van der Waals surface area contributed by atoms with Crippen molar-refractivity contribution in [1.29, 1.82) is 0 Å². The van der Waals surface area contributed by atoms with Gasteiger partial charge in [0.2, 0.25) is 11.1 Å². The van der Waals surface area contributed by atoms with Crippen molar-refractivity contribution in [2.45, 2.75) is 18.6 Å². The maximum atomic E-state index is 13.7. The summed E-state index contributed by atoms with van der Waals surface area (Å²) >= 11 is 1.13.